The average molecular weight is 529 g/mol. The number of carbonyl (C=O) groups is 2. The molecule has 0 radical (unpaired) electrons. The highest BCUT2D eigenvalue weighted by molar-refractivity contribution is 5.71. The summed E-state index contributed by atoms with van der Waals surface area (Å²) in [7, 11) is 0. The molecule has 0 aromatic heterocycles. The highest BCUT2D eigenvalue weighted by atomic mass is 19.4. The van der Waals surface area contributed by atoms with Crippen LogP contribution in [-0.4, -0.2) is 36.2 Å². The maximum absolute atomic E-state index is 14.2. The number of carbonyl (C=O) groups excluding carboxylic acids is 2. The third kappa shape index (κ3) is 5.97. The van der Waals surface area contributed by atoms with Crippen LogP contribution in [-0.2, 0) is 14.9 Å². The lowest BCUT2D eigenvalue weighted by molar-refractivity contribution is -0.350. The van der Waals surface area contributed by atoms with Crippen LogP contribution in [0.25, 0.3) is 0 Å². The predicted molar refractivity (Wildman–Crippen MR) is 103 cm³/mol. The molecule has 14 heteroatoms. The van der Waals surface area contributed by atoms with Gasteiger partial charge in [-0.2, -0.15) is 35.1 Å². The highest BCUT2D eigenvalue weighted by Gasteiger charge is 2.72. The van der Waals surface area contributed by atoms with E-state index in [1.165, 1.54) is 20.8 Å². The van der Waals surface area contributed by atoms with Crippen LogP contribution in [0.3, 0.4) is 0 Å². The molecule has 198 valence electrons. The summed E-state index contributed by atoms with van der Waals surface area (Å²) in [5.74, 6) is -4.42. The number of hydrogen-bond acceptors (Lipinski definition) is 6. The second-order valence-corrected chi connectivity index (χ2v) is 8.27. The van der Waals surface area contributed by atoms with Crippen molar-refractivity contribution in [2.75, 3.05) is 0 Å². The summed E-state index contributed by atoms with van der Waals surface area (Å²) >= 11 is 0. The minimum atomic E-state index is -6.00. The molecule has 0 aliphatic carbocycles. The van der Waals surface area contributed by atoms with Gasteiger partial charge in [-0.3, -0.25) is 0 Å². The summed E-state index contributed by atoms with van der Waals surface area (Å²) < 4.78 is 125. The number of halogens is 8. The van der Waals surface area contributed by atoms with Gasteiger partial charge in [0.05, 0.1) is 0 Å². The molecule has 0 atom stereocenters. The summed E-state index contributed by atoms with van der Waals surface area (Å²) in [6.45, 7) is 4.48. The Kier molecular flexibility index (Phi) is 7.54. The molecule has 0 aliphatic rings. The van der Waals surface area contributed by atoms with E-state index >= 15 is 0 Å². The Balaban J connectivity index is 2.55. The Morgan fingerprint density at radius 1 is 0.694 bits per heavy atom. The molecule has 0 saturated carbocycles. The fourth-order valence-corrected chi connectivity index (χ4v) is 3.08. The minimum absolute atomic E-state index is 0.215. The van der Waals surface area contributed by atoms with Gasteiger partial charge < -0.3 is 24.1 Å². The molecule has 0 fully saturated rings. The molecule has 0 heterocycles. The number of ether oxygens (including phenoxy) is 3. The molecule has 0 aliphatic heterocycles. The monoisotopic (exact) mass is 529 g/mol. The topological polar surface area (TPSA) is 84.9 Å². The summed E-state index contributed by atoms with van der Waals surface area (Å²) in [5.41, 5.74) is -8.42. The van der Waals surface area contributed by atoms with Crippen LogP contribution in [0.5, 0.6) is 11.5 Å². The zero-order valence-electron chi connectivity index (χ0n) is 18.6. The number of carboxylic acids is 1. The van der Waals surface area contributed by atoms with E-state index in [-0.39, 0.29) is 12.1 Å². The quantitative estimate of drug-likeness (QED) is 0.293. The summed E-state index contributed by atoms with van der Waals surface area (Å²) in [6.07, 6.45) is -18.2. The average Bonchev–Trinajstić information content (AvgIpc) is 2.67. The molecule has 0 N–H and O–H groups in total. The summed E-state index contributed by atoms with van der Waals surface area (Å²) in [5, 5.41) is 10.3. The molecule has 0 bridgehead atoms. The maximum Gasteiger partial charge on any atom is 0.514 e. The van der Waals surface area contributed by atoms with Gasteiger partial charge in [0.2, 0.25) is 5.41 Å². The number of alkyl halides is 8. The largest absolute Gasteiger partial charge is 0.541 e. The van der Waals surface area contributed by atoms with Crippen molar-refractivity contribution in [2.45, 2.75) is 50.2 Å². The SMILES string of the molecule is CC(C)(C)OC(=O)Oc1ccc(C(c2ccc(OC(F)(F)C(=O)[O-])cc2)(C(F)(F)F)C(F)(F)F)cc1. The van der Waals surface area contributed by atoms with Gasteiger partial charge in [0, 0.05) is 0 Å². The van der Waals surface area contributed by atoms with Crippen molar-refractivity contribution in [2.24, 2.45) is 0 Å². The van der Waals surface area contributed by atoms with E-state index in [1.807, 2.05) is 0 Å². The predicted octanol–water partition coefficient (Wildman–Crippen LogP) is 5.13. The van der Waals surface area contributed by atoms with Crippen LogP contribution in [0.4, 0.5) is 39.9 Å². The van der Waals surface area contributed by atoms with Gasteiger partial charge >= 0.3 is 24.6 Å². The van der Waals surface area contributed by atoms with Crippen molar-refractivity contribution in [3.63, 3.8) is 0 Å². The van der Waals surface area contributed by atoms with E-state index in [9.17, 15) is 49.8 Å². The number of aliphatic carboxylic acids is 1. The van der Waals surface area contributed by atoms with Crippen molar-refractivity contribution >= 4 is 12.1 Å². The smallest absolute Gasteiger partial charge is 0.514 e. The standard InChI is InChI=1S/C22H18F8O6/c1-18(2,3)36-17(33)34-14-8-4-12(5-9-14)19(21(25,26)27,22(28,29)30)13-6-10-15(11-7-13)35-20(23,24)16(31)32/h4-11H,1-3H3,(H,31,32)/p-1. The van der Waals surface area contributed by atoms with Gasteiger partial charge in [-0.15, -0.1) is 0 Å². The van der Waals surface area contributed by atoms with Crippen LogP contribution in [0.1, 0.15) is 31.9 Å². The lowest BCUT2D eigenvalue weighted by Crippen LogP contribution is -2.54. The van der Waals surface area contributed by atoms with E-state index < -0.39 is 64.2 Å². The van der Waals surface area contributed by atoms with Crippen LogP contribution >= 0.6 is 0 Å². The number of hydrogen-bond donors (Lipinski definition) is 0. The first-order valence-electron chi connectivity index (χ1n) is 9.74. The van der Waals surface area contributed by atoms with E-state index in [0.29, 0.717) is 36.4 Å². The first-order valence-corrected chi connectivity index (χ1v) is 9.74. The molecule has 2 aromatic carbocycles. The van der Waals surface area contributed by atoms with Gasteiger partial charge in [-0.25, -0.2) is 4.79 Å². The van der Waals surface area contributed by atoms with Crippen molar-refractivity contribution in [1.29, 1.82) is 0 Å². The van der Waals surface area contributed by atoms with Gasteiger partial charge in [0.25, 0.3) is 0 Å². The molecular formula is C22H17F8O6-. The van der Waals surface area contributed by atoms with E-state index in [1.54, 1.807) is 0 Å². The lowest BCUT2D eigenvalue weighted by Gasteiger charge is -2.38. The summed E-state index contributed by atoms with van der Waals surface area (Å²) in [4.78, 5) is 22.1. The molecule has 6 nitrogen and oxygen atoms in total. The van der Waals surface area contributed by atoms with Gasteiger partial charge in [0.1, 0.15) is 17.1 Å². The Morgan fingerprint density at radius 3 is 1.42 bits per heavy atom. The molecular weight excluding hydrogens is 512 g/mol. The first-order chi connectivity index (χ1) is 16.2. The van der Waals surface area contributed by atoms with E-state index in [4.69, 9.17) is 9.47 Å². The molecule has 0 spiro atoms. The van der Waals surface area contributed by atoms with Crippen LogP contribution in [0, 0.1) is 0 Å². The second kappa shape index (κ2) is 9.47. The Hall–Kier alpha value is -3.58. The van der Waals surface area contributed by atoms with E-state index in [0.717, 1.165) is 0 Å². The third-order valence-electron chi connectivity index (χ3n) is 4.50. The van der Waals surface area contributed by atoms with Crippen molar-refractivity contribution < 1.29 is 64.0 Å². The molecule has 0 saturated heterocycles. The Labute approximate surface area is 198 Å². The first kappa shape index (κ1) is 28.7. The van der Waals surface area contributed by atoms with Crippen molar-refractivity contribution in [3.05, 3.63) is 59.7 Å². The lowest BCUT2D eigenvalue weighted by atomic mass is 9.73. The van der Waals surface area contributed by atoms with E-state index in [2.05, 4.69) is 4.74 Å². The van der Waals surface area contributed by atoms with Crippen molar-refractivity contribution in [1.82, 2.24) is 0 Å². The molecule has 2 aromatic rings. The van der Waals surface area contributed by atoms with Crippen LogP contribution < -0.4 is 14.6 Å². The van der Waals surface area contributed by atoms with Gasteiger partial charge in [-0.1, -0.05) is 24.3 Å². The molecule has 2 rings (SSSR count). The summed E-state index contributed by atoms with van der Waals surface area (Å²) in [6, 6.07) is 3.29. The molecule has 36 heavy (non-hydrogen) atoms. The third-order valence-corrected chi connectivity index (χ3v) is 4.50. The Bertz CT molecular complexity index is 1070. The fourth-order valence-electron chi connectivity index (χ4n) is 3.08. The number of rotatable bonds is 6. The van der Waals surface area contributed by atoms with Crippen LogP contribution in [0.15, 0.2) is 48.5 Å². The minimum Gasteiger partial charge on any atom is -0.541 e. The number of carboxylic acid groups (broad SMARTS) is 1. The maximum atomic E-state index is 14.2. The molecule has 0 amide bonds. The van der Waals surface area contributed by atoms with Gasteiger partial charge in [-0.05, 0) is 56.2 Å². The molecule has 0 unspecified atom stereocenters. The van der Waals surface area contributed by atoms with Crippen LogP contribution in [0.2, 0.25) is 0 Å². The van der Waals surface area contributed by atoms with Crippen molar-refractivity contribution in [3.8, 4) is 11.5 Å². The zero-order chi connectivity index (χ0) is 27.7. The Morgan fingerprint density at radius 2 is 1.08 bits per heavy atom. The second-order valence-electron chi connectivity index (χ2n) is 8.27. The zero-order valence-corrected chi connectivity index (χ0v) is 18.6. The van der Waals surface area contributed by atoms with Gasteiger partial charge in [0.15, 0.2) is 5.97 Å². The number of benzene rings is 2. The fraction of sp³-hybridized carbons (Fsp3) is 0.364. The normalized spacial score (nSPS) is 13.2. The highest BCUT2D eigenvalue weighted by Crippen LogP contribution is 2.56.